The fourth-order valence-corrected chi connectivity index (χ4v) is 3.10. The lowest BCUT2D eigenvalue weighted by Gasteiger charge is -2.34. The van der Waals surface area contributed by atoms with Crippen LogP contribution >= 0.6 is 11.6 Å². The zero-order chi connectivity index (χ0) is 17.3. The number of rotatable bonds is 3. The molecule has 8 heteroatoms. The Morgan fingerprint density at radius 2 is 1.92 bits per heavy atom. The Morgan fingerprint density at radius 3 is 2.54 bits per heavy atom. The molecule has 2 aromatic rings. The van der Waals surface area contributed by atoms with Crippen molar-refractivity contribution in [3.63, 3.8) is 0 Å². The smallest absolute Gasteiger partial charge is 0.273 e. The number of nitrogens with one attached hydrogen (secondary N) is 1. The Labute approximate surface area is 143 Å². The molecule has 0 spiro atoms. The van der Waals surface area contributed by atoms with E-state index in [-0.39, 0.29) is 28.6 Å². The lowest BCUT2D eigenvalue weighted by Crippen LogP contribution is -2.51. The molecule has 0 aliphatic carbocycles. The van der Waals surface area contributed by atoms with Crippen LogP contribution in [0.15, 0.2) is 18.2 Å². The Balaban J connectivity index is 1.76. The van der Waals surface area contributed by atoms with Crippen LogP contribution in [0.3, 0.4) is 0 Å². The van der Waals surface area contributed by atoms with E-state index in [1.54, 1.807) is 23.1 Å². The van der Waals surface area contributed by atoms with Crippen molar-refractivity contribution in [2.75, 3.05) is 39.9 Å². The van der Waals surface area contributed by atoms with Crippen molar-refractivity contribution in [1.82, 2.24) is 14.8 Å². The van der Waals surface area contributed by atoms with Crippen LogP contribution in [0, 0.1) is 5.82 Å². The third-order valence-corrected chi connectivity index (χ3v) is 4.43. The molecule has 1 N–H and O–H groups in total. The first-order valence-electron chi connectivity index (χ1n) is 7.54. The van der Waals surface area contributed by atoms with Gasteiger partial charge in [-0.05, 0) is 12.1 Å². The van der Waals surface area contributed by atoms with Crippen LogP contribution in [0.5, 0.6) is 0 Å². The van der Waals surface area contributed by atoms with Crippen LogP contribution < -0.4 is 0 Å². The molecule has 0 saturated carbocycles. The number of aromatic amines is 1. The van der Waals surface area contributed by atoms with Crippen LogP contribution in [0.1, 0.15) is 10.5 Å². The Bertz CT molecular complexity index is 784. The van der Waals surface area contributed by atoms with E-state index >= 15 is 0 Å². The van der Waals surface area contributed by atoms with E-state index < -0.39 is 11.7 Å². The minimum atomic E-state index is -0.640. The van der Waals surface area contributed by atoms with Crippen molar-refractivity contribution in [3.8, 4) is 0 Å². The van der Waals surface area contributed by atoms with Gasteiger partial charge in [0.15, 0.2) is 5.82 Å². The maximum Gasteiger partial charge on any atom is 0.273 e. The summed E-state index contributed by atoms with van der Waals surface area (Å²) in [5, 5.41) is 0.478. The lowest BCUT2D eigenvalue weighted by atomic mass is 10.2. The van der Waals surface area contributed by atoms with Crippen LogP contribution in [0.25, 0.3) is 10.9 Å². The highest BCUT2D eigenvalue weighted by Gasteiger charge is 2.28. The Morgan fingerprint density at radius 1 is 1.25 bits per heavy atom. The number of amides is 2. The largest absolute Gasteiger partial charge is 0.375 e. The van der Waals surface area contributed by atoms with Crippen LogP contribution in [0.4, 0.5) is 4.39 Å². The first-order chi connectivity index (χ1) is 11.5. The second-order valence-electron chi connectivity index (χ2n) is 5.58. The third kappa shape index (κ3) is 2.97. The van der Waals surface area contributed by atoms with E-state index in [9.17, 15) is 14.0 Å². The van der Waals surface area contributed by atoms with Gasteiger partial charge in [-0.2, -0.15) is 0 Å². The zero-order valence-corrected chi connectivity index (χ0v) is 13.9. The van der Waals surface area contributed by atoms with E-state index in [0.29, 0.717) is 31.7 Å². The van der Waals surface area contributed by atoms with E-state index in [1.807, 2.05) is 0 Å². The van der Waals surface area contributed by atoms with Crippen molar-refractivity contribution < 1.29 is 18.7 Å². The lowest BCUT2D eigenvalue weighted by molar-refractivity contribution is -0.136. The topological polar surface area (TPSA) is 65.6 Å². The molecule has 0 atom stereocenters. The number of piperazine rings is 1. The van der Waals surface area contributed by atoms with Crippen molar-refractivity contribution in [2.45, 2.75) is 0 Å². The molecule has 6 nitrogen and oxygen atoms in total. The molecule has 1 aliphatic heterocycles. The molecule has 2 amide bonds. The molecular weight excluding hydrogens is 337 g/mol. The number of benzene rings is 1. The van der Waals surface area contributed by atoms with Crippen LogP contribution in [-0.2, 0) is 9.53 Å². The van der Waals surface area contributed by atoms with Crippen molar-refractivity contribution in [2.24, 2.45) is 0 Å². The number of carbonyl (C=O) groups is 2. The number of fused-ring (bicyclic) bond motifs is 1. The summed E-state index contributed by atoms with van der Waals surface area (Å²) in [5.74, 6) is -1.19. The van der Waals surface area contributed by atoms with E-state index in [4.69, 9.17) is 16.3 Å². The normalized spacial score (nSPS) is 15.1. The number of nitrogens with zero attached hydrogens (tertiary/aromatic N) is 2. The summed E-state index contributed by atoms with van der Waals surface area (Å²) in [7, 11) is 1.46. The molecule has 0 bridgehead atoms. The number of H-pyrrole nitrogens is 1. The first kappa shape index (κ1) is 16.7. The number of aromatic nitrogens is 1. The summed E-state index contributed by atoms with van der Waals surface area (Å²) < 4.78 is 19.4. The molecule has 1 fully saturated rings. The summed E-state index contributed by atoms with van der Waals surface area (Å²) in [6, 6.07) is 4.94. The number of ether oxygens (including phenoxy) is 1. The minimum Gasteiger partial charge on any atom is -0.375 e. The fourth-order valence-electron chi connectivity index (χ4n) is 2.85. The van der Waals surface area contributed by atoms with Gasteiger partial charge in [-0.1, -0.05) is 17.7 Å². The van der Waals surface area contributed by atoms with Gasteiger partial charge in [-0.3, -0.25) is 9.59 Å². The minimum absolute atomic E-state index is 0.0170. The quantitative estimate of drug-likeness (QED) is 0.916. The monoisotopic (exact) mass is 353 g/mol. The van der Waals surface area contributed by atoms with Gasteiger partial charge < -0.3 is 19.5 Å². The van der Waals surface area contributed by atoms with E-state index in [0.717, 1.165) is 0 Å². The molecule has 0 unspecified atom stereocenters. The number of hydrogen-bond donors (Lipinski definition) is 1. The van der Waals surface area contributed by atoms with Gasteiger partial charge in [0.2, 0.25) is 5.91 Å². The number of methoxy groups -OCH3 is 1. The molecule has 1 aliphatic rings. The summed E-state index contributed by atoms with van der Waals surface area (Å²) in [5.41, 5.74) is 0.382. The highest BCUT2D eigenvalue weighted by molar-refractivity contribution is 6.35. The molecule has 2 heterocycles. The second-order valence-corrected chi connectivity index (χ2v) is 5.99. The van der Waals surface area contributed by atoms with Crippen molar-refractivity contribution >= 4 is 34.3 Å². The van der Waals surface area contributed by atoms with Gasteiger partial charge in [0, 0.05) is 33.3 Å². The predicted octanol–water partition coefficient (Wildman–Crippen LogP) is 1.89. The SMILES string of the molecule is COCC(=O)N1CCN(C(=O)c2[nH]c3cccc(Cl)c3c2F)CC1. The second kappa shape index (κ2) is 6.78. The van der Waals surface area contributed by atoms with E-state index in [1.165, 1.54) is 12.0 Å². The first-order valence-corrected chi connectivity index (χ1v) is 7.92. The van der Waals surface area contributed by atoms with E-state index in [2.05, 4.69) is 4.98 Å². The molecule has 128 valence electrons. The zero-order valence-electron chi connectivity index (χ0n) is 13.1. The number of hydrogen-bond acceptors (Lipinski definition) is 3. The Kier molecular flexibility index (Phi) is 4.73. The molecule has 3 rings (SSSR count). The summed E-state index contributed by atoms with van der Waals surface area (Å²) in [4.78, 5) is 30.3. The van der Waals surface area contributed by atoms with Crippen molar-refractivity contribution in [1.29, 1.82) is 0 Å². The van der Waals surface area contributed by atoms with Gasteiger partial charge in [-0.25, -0.2) is 4.39 Å². The number of halogens is 2. The fraction of sp³-hybridized carbons (Fsp3) is 0.375. The molecular formula is C16H17ClFN3O3. The van der Waals surface area contributed by atoms with Crippen LogP contribution in [0.2, 0.25) is 5.02 Å². The number of carbonyl (C=O) groups excluding carboxylic acids is 2. The average Bonchev–Trinajstić information content (AvgIpc) is 2.93. The summed E-state index contributed by atoms with van der Waals surface area (Å²) in [6.07, 6.45) is 0. The van der Waals surface area contributed by atoms with Gasteiger partial charge in [0.1, 0.15) is 12.3 Å². The highest BCUT2D eigenvalue weighted by atomic mass is 35.5. The predicted molar refractivity (Wildman–Crippen MR) is 87.6 cm³/mol. The molecule has 0 radical (unpaired) electrons. The standard InChI is InChI=1S/C16H17ClFN3O3/c1-24-9-12(22)20-5-7-21(8-6-20)16(23)15-14(18)13-10(17)3-2-4-11(13)19-15/h2-4,19H,5-9H2,1H3. The third-order valence-electron chi connectivity index (χ3n) is 4.11. The van der Waals surface area contributed by atoms with Gasteiger partial charge in [-0.15, -0.1) is 0 Å². The molecule has 24 heavy (non-hydrogen) atoms. The molecule has 1 saturated heterocycles. The van der Waals surface area contributed by atoms with Crippen molar-refractivity contribution in [3.05, 3.63) is 34.7 Å². The van der Waals surface area contributed by atoms with Gasteiger partial charge in [0.05, 0.1) is 15.9 Å². The Hall–Kier alpha value is -2.12. The van der Waals surface area contributed by atoms with Gasteiger partial charge in [0.25, 0.3) is 5.91 Å². The van der Waals surface area contributed by atoms with Crippen LogP contribution in [-0.4, -0.2) is 66.5 Å². The summed E-state index contributed by atoms with van der Waals surface area (Å²) in [6.45, 7) is 1.50. The molecule has 1 aromatic heterocycles. The summed E-state index contributed by atoms with van der Waals surface area (Å²) >= 11 is 6.01. The average molecular weight is 354 g/mol. The maximum absolute atomic E-state index is 14.6. The highest BCUT2D eigenvalue weighted by Crippen LogP contribution is 2.28. The van der Waals surface area contributed by atoms with Gasteiger partial charge >= 0.3 is 0 Å². The molecule has 1 aromatic carbocycles. The maximum atomic E-state index is 14.6.